The number of rotatable bonds is 4. The summed E-state index contributed by atoms with van der Waals surface area (Å²) in [6, 6.07) is 7.69. The average Bonchev–Trinajstić information content (AvgIpc) is 2.74. The Hall–Kier alpha value is -1.81. The van der Waals surface area contributed by atoms with Crippen LogP contribution < -0.4 is 0 Å². The van der Waals surface area contributed by atoms with Crippen molar-refractivity contribution in [2.45, 2.75) is 26.0 Å². The minimum Gasteiger partial charge on any atom is -0.465 e. The number of methoxy groups -OCH3 is 1. The first-order valence-electron chi connectivity index (χ1n) is 5.97. The van der Waals surface area contributed by atoms with Crippen LogP contribution in [0.3, 0.4) is 0 Å². The van der Waals surface area contributed by atoms with E-state index in [1.54, 1.807) is 13.1 Å². The first-order valence-corrected chi connectivity index (χ1v) is 5.97. The third-order valence-electron chi connectivity index (χ3n) is 2.98. The van der Waals surface area contributed by atoms with Crippen molar-refractivity contribution in [1.29, 1.82) is 0 Å². The number of carbonyl (C=O) groups is 1. The molecule has 96 valence electrons. The summed E-state index contributed by atoms with van der Waals surface area (Å²) in [5, 5.41) is 10.2. The van der Waals surface area contributed by atoms with Gasteiger partial charge in [-0.1, -0.05) is 18.2 Å². The number of hydrogen-bond donors (Lipinski definition) is 1. The summed E-state index contributed by atoms with van der Waals surface area (Å²) >= 11 is 0. The van der Waals surface area contributed by atoms with E-state index in [-0.39, 0.29) is 12.1 Å². The monoisotopic (exact) mass is 247 g/mol. The summed E-state index contributed by atoms with van der Waals surface area (Å²) < 4.78 is 6.76. The second-order valence-electron chi connectivity index (χ2n) is 4.38. The predicted molar refractivity (Wildman–Crippen MR) is 69.6 cm³/mol. The van der Waals surface area contributed by atoms with Gasteiger partial charge in [-0.25, -0.2) is 4.79 Å². The molecular weight excluding hydrogens is 230 g/mol. The molecule has 0 radical (unpaired) electrons. The highest BCUT2D eigenvalue weighted by molar-refractivity contribution is 6.04. The van der Waals surface area contributed by atoms with E-state index in [9.17, 15) is 9.90 Å². The number of esters is 1. The lowest BCUT2D eigenvalue weighted by Crippen LogP contribution is -2.06. The minimum absolute atomic E-state index is 0.331. The number of ether oxygens (including phenoxy) is 1. The van der Waals surface area contributed by atoms with Gasteiger partial charge in [0.1, 0.15) is 0 Å². The summed E-state index contributed by atoms with van der Waals surface area (Å²) in [4.78, 5) is 11.7. The molecule has 0 aliphatic carbocycles. The van der Waals surface area contributed by atoms with Gasteiger partial charge in [0.2, 0.25) is 0 Å². The summed E-state index contributed by atoms with van der Waals surface area (Å²) in [6.07, 6.45) is 2.09. The molecule has 18 heavy (non-hydrogen) atoms. The normalized spacial score (nSPS) is 12.6. The topological polar surface area (TPSA) is 51.5 Å². The van der Waals surface area contributed by atoms with E-state index < -0.39 is 0 Å². The molecular formula is C14H17NO3. The van der Waals surface area contributed by atoms with Crippen molar-refractivity contribution < 1.29 is 14.6 Å². The Balaban J connectivity index is 2.44. The van der Waals surface area contributed by atoms with E-state index in [0.717, 1.165) is 10.9 Å². The Morgan fingerprint density at radius 3 is 2.83 bits per heavy atom. The van der Waals surface area contributed by atoms with Gasteiger partial charge < -0.3 is 14.4 Å². The molecule has 0 amide bonds. The highest BCUT2D eigenvalue weighted by Crippen LogP contribution is 2.22. The second-order valence-corrected chi connectivity index (χ2v) is 4.38. The lowest BCUT2D eigenvalue weighted by molar-refractivity contribution is 0.0602. The largest absolute Gasteiger partial charge is 0.465 e. The molecule has 2 aromatic rings. The molecule has 1 aromatic carbocycles. The number of hydrogen-bond acceptors (Lipinski definition) is 3. The number of nitrogens with zero attached hydrogens (tertiary/aromatic N) is 1. The number of fused-ring (bicyclic) bond motifs is 1. The maximum Gasteiger partial charge on any atom is 0.340 e. The summed E-state index contributed by atoms with van der Waals surface area (Å²) in [7, 11) is 1.38. The van der Waals surface area contributed by atoms with Crippen LogP contribution in [0.1, 0.15) is 23.7 Å². The molecule has 0 aliphatic heterocycles. The molecule has 4 heteroatoms. The number of aromatic nitrogens is 1. The Morgan fingerprint density at radius 2 is 2.17 bits per heavy atom. The van der Waals surface area contributed by atoms with E-state index in [1.807, 2.05) is 28.8 Å². The first kappa shape index (κ1) is 12.6. The van der Waals surface area contributed by atoms with Crippen molar-refractivity contribution in [3.63, 3.8) is 0 Å². The van der Waals surface area contributed by atoms with Crippen LogP contribution >= 0.6 is 0 Å². The minimum atomic E-state index is -0.354. The predicted octanol–water partition coefficient (Wildman–Crippen LogP) is 2.20. The van der Waals surface area contributed by atoms with Crippen LogP contribution in [0, 0.1) is 0 Å². The van der Waals surface area contributed by atoms with Crippen molar-refractivity contribution in [3.8, 4) is 0 Å². The average molecular weight is 247 g/mol. The van der Waals surface area contributed by atoms with Gasteiger partial charge in [-0.2, -0.15) is 0 Å². The van der Waals surface area contributed by atoms with E-state index in [1.165, 1.54) is 7.11 Å². The van der Waals surface area contributed by atoms with Gasteiger partial charge in [0.25, 0.3) is 0 Å². The quantitative estimate of drug-likeness (QED) is 0.843. The van der Waals surface area contributed by atoms with Crippen LogP contribution in [0.5, 0.6) is 0 Å². The zero-order chi connectivity index (χ0) is 13.1. The number of aliphatic hydroxyl groups is 1. The highest BCUT2D eigenvalue weighted by Gasteiger charge is 2.14. The molecule has 0 bridgehead atoms. The standard InChI is InChI=1S/C14H17NO3/c1-10(16)7-8-15-9-12(14(17)18-2)11-5-3-4-6-13(11)15/h3-6,9-10,16H,7-8H2,1-2H3. The molecule has 4 nitrogen and oxygen atoms in total. The maximum atomic E-state index is 11.7. The van der Waals surface area contributed by atoms with E-state index in [4.69, 9.17) is 4.74 Å². The third kappa shape index (κ3) is 2.38. The Morgan fingerprint density at radius 1 is 1.44 bits per heavy atom. The van der Waals surface area contributed by atoms with E-state index in [0.29, 0.717) is 18.5 Å². The number of benzene rings is 1. The van der Waals surface area contributed by atoms with Crippen molar-refractivity contribution in [2.24, 2.45) is 0 Å². The van der Waals surface area contributed by atoms with Crippen LogP contribution in [-0.2, 0) is 11.3 Å². The van der Waals surface area contributed by atoms with Crippen LogP contribution in [-0.4, -0.2) is 28.9 Å². The van der Waals surface area contributed by atoms with Gasteiger partial charge in [0, 0.05) is 23.6 Å². The molecule has 1 heterocycles. The lowest BCUT2D eigenvalue weighted by atomic mass is 10.2. The number of aryl methyl sites for hydroxylation is 1. The van der Waals surface area contributed by atoms with Crippen molar-refractivity contribution in [1.82, 2.24) is 4.57 Å². The molecule has 1 unspecified atom stereocenters. The fourth-order valence-electron chi connectivity index (χ4n) is 2.03. The van der Waals surface area contributed by atoms with Gasteiger partial charge in [-0.3, -0.25) is 0 Å². The number of carbonyl (C=O) groups excluding carboxylic acids is 1. The molecule has 0 saturated heterocycles. The Labute approximate surface area is 106 Å². The lowest BCUT2D eigenvalue weighted by Gasteiger charge is -2.06. The van der Waals surface area contributed by atoms with E-state index in [2.05, 4.69) is 0 Å². The molecule has 1 aromatic heterocycles. The van der Waals surface area contributed by atoms with Gasteiger partial charge in [0.15, 0.2) is 0 Å². The van der Waals surface area contributed by atoms with Gasteiger partial charge >= 0.3 is 5.97 Å². The fourth-order valence-corrected chi connectivity index (χ4v) is 2.03. The molecule has 1 N–H and O–H groups in total. The molecule has 0 fully saturated rings. The van der Waals surface area contributed by atoms with Crippen molar-refractivity contribution in [2.75, 3.05) is 7.11 Å². The zero-order valence-corrected chi connectivity index (χ0v) is 10.6. The highest BCUT2D eigenvalue weighted by atomic mass is 16.5. The smallest absolute Gasteiger partial charge is 0.340 e. The molecule has 0 aliphatic rings. The molecule has 0 spiro atoms. The van der Waals surface area contributed by atoms with Crippen LogP contribution in [0.4, 0.5) is 0 Å². The fraction of sp³-hybridized carbons (Fsp3) is 0.357. The summed E-state index contributed by atoms with van der Waals surface area (Å²) in [6.45, 7) is 2.43. The first-order chi connectivity index (χ1) is 8.63. The zero-order valence-electron chi connectivity index (χ0n) is 10.6. The Kier molecular flexibility index (Phi) is 3.67. The van der Waals surface area contributed by atoms with Gasteiger partial charge in [-0.05, 0) is 19.4 Å². The van der Waals surface area contributed by atoms with Crippen molar-refractivity contribution >= 4 is 16.9 Å². The summed E-state index contributed by atoms with van der Waals surface area (Å²) in [5.74, 6) is -0.331. The van der Waals surface area contributed by atoms with Gasteiger partial charge in [0.05, 0.1) is 18.8 Å². The van der Waals surface area contributed by atoms with Crippen molar-refractivity contribution in [3.05, 3.63) is 36.0 Å². The third-order valence-corrected chi connectivity index (χ3v) is 2.98. The molecule has 2 rings (SSSR count). The second kappa shape index (κ2) is 5.23. The van der Waals surface area contributed by atoms with Crippen LogP contribution in [0.25, 0.3) is 10.9 Å². The molecule has 0 saturated carbocycles. The number of aliphatic hydroxyl groups excluding tert-OH is 1. The number of para-hydroxylation sites is 1. The molecule has 1 atom stereocenters. The Bertz CT molecular complexity index is 557. The SMILES string of the molecule is COC(=O)c1cn(CCC(C)O)c2ccccc12. The van der Waals surface area contributed by atoms with Crippen LogP contribution in [0.2, 0.25) is 0 Å². The van der Waals surface area contributed by atoms with E-state index >= 15 is 0 Å². The van der Waals surface area contributed by atoms with Crippen LogP contribution in [0.15, 0.2) is 30.5 Å². The summed E-state index contributed by atoms with van der Waals surface area (Å²) in [5.41, 5.74) is 1.55. The maximum absolute atomic E-state index is 11.7. The van der Waals surface area contributed by atoms with Gasteiger partial charge in [-0.15, -0.1) is 0 Å².